The maximum atomic E-state index is 11.6. The van der Waals surface area contributed by atoms with E-state index in [0.29, 0.717) is 0 Å². The number of aliphatic hydroxyl groups excluding tert-OH is 2. The Morgan fingerprint density at radius 3 is 1.92 bits per heavy atom. The highest BCUT2D eigenvalue weighted by molar-refractivity contribution is 7.66. The lowest BCUT2D eigenvalue weighted by Crippen LogP contribution is -2.33. The lowest BCUT2D eigenvalue weighted by molar-refractivity contribution is -0.0504. The number of rotatable bonds is 8. The number of ether oxygens (including phenoxy) is 1. The molecule has 0 bridgehead atoms. The first-order valence-electron chi connectivity index (χ1n) is 8.86. The molecular formula is C10H18N4O19P4. The first-order chi connectivity index (χ1) is 16.6. The summed E-state index contributed by atoms with van der Waals surface area (Å²) in [6.07, 6.45) is -4.43. The van der Waals surface area contributed by atoms with Gasteiger partial charge in [-0.25, -0.2) is 28.0 Å². The Morgan fingerprint density at radius 2 is 1.43 bits per heavy atom. The Labute approximate surface area is 201 Å². The minimum absolute atomic E-state index is 0.0449. The van der Waals surface area contributed by atoms with Crippen LogP contribution in [0.4, 0.5) is 0 Å². The number of aromatic nitrogens is 4. The summed E-state index contributed by atoms with van der Waals surface area (Å²) in [5.41, 5.74) is -1.71. The average Bonchev–Trinajstić information content (AvgIpc) is 3.18. The van der Waals surface area contributed by atoms with Crippen LogP contribution in [0.15, 0.2) is 15.9 Å². The number of hydrogen-bond donors (Lipinski definition) is 11. The van der Waals surface area contributed by atoms with Crippen molar-refractivity contribution < 1.29 is 80.6 Å². The molecule has 3 heterocycles. The van der Waals surface area contributed by atoms with Crippen LogP contribution in [0.2, 0.25) is 0 Å². The first-order valence-corrected chi connectivity index (χ1v) is 14.9. The average molecular weight is 622 g/mol. The lowest BCUT2D eigenvalue weighted by atomic mass is 10.1. The second-order valence-electron chi connectivity index (χ2n) is 6.70. The van der Waals surface area contributed by atoms with E-state index in [2.05, 4.69) is 23.1 Å². The third-order valence-corrected chi connectivity index (χ3v) is 7.74. The van der Waals surface area contributed by atoms with Gasteiger partial charge in [0.15, 0.2) is 11.7 Å². The van der Waals surface area contributed by atoms with Gasteiger partial charge in [0.2, 0.25) is 0 Å². The van der Waals surface area contributed by atoms with Crippen molar-refractivity contribution in [3.8, 4) is 0 Å². The topological polar surface area (TPSA) is 371 Å². The second-order valence-corrected chi connectivity index (χ2v) is 12.1. The number of aliphatic hydroxyl groups is 2. The molecule has 0 unspecified atom stereocenters. The fourth-order valence-corrected chi connectivity index (χ4v) is 5.58. The predicted molar refractivity (Wildman–Crippen MR) is 111 cm³/mol. The van der Waals surface area contributed by atoms with Crippen LogP contribution >= 0.6 is 31.3 Å². The van der Waals surface area contributed by atoms with Crippen molar-refractivity contribution in [1.29, 1.82) is 0 Å². The van der Waals surface area contributed by atoms with E-state index in [4.69, 9.17) is 39.0 Å². The third kappa shape index (κ3) is 9.66. The summed E-state index contributed by atoms with van der Waals surface area (Å²) in [6.45, 7) is -0.678. The molecule has 0 aliphatic carbocycles. The Balaban J connectivity index is 0.000000317. The van der Waals surface area contributed by atoms with Crippen molar-refractivity contribution in [3.05, 3.63) is 27.2 Å². The van der Waals surface area contributed by atoms with Crippen LogP contribution in [0.3, 0.4) is 0 Å². The molecular weight excluding hydrogens is 604 g/mol. The Morgan fingerprint density at radius 1 is 0.892 bits per heavy atom. The number of aromatic amines is 2. The standard InChI is InChI=1S/C10H13N4O9P.H5O10P3/c15-5-3(1-22-24(19,20)21)23-9(6(5)16)14-2-11-4-7(14)12-10(18)13-8(4)17;1-11(2,3)9-13(7,8)10-12(4,5)6/h2-3,5-6,9,15-16H,1H2,(H2,19,20,21)(H2,12,13,17,18);(H,7,8)(H2,1,2,3)(H2,4,5,6)/t3-,5-,6-,9-;/m1./s1. The smallest absolute Gasteiger partial charge is 0.387 e. The number of H-pyrrole nitrogens is 2. The number of nitrogens with one attached hydrogen (secondary N) is 2. The molecule has 27 heteroatoms. The molecule has 1 fully saturated rings. The van der Waals surface area contributed by atoms with E-state index in [9.17, 15) is 38.1 Å². The van der Waals surface area contributed by atoms with E-state index in [1.807, 2.05) is 4.98 Å². The minimum Gasteiger partial charge on any atom is -0.387 e. The largest absolute Gasteiger partial charge is 0.490 e. The van der Waals surface area contributed by atoms with Crippen LogP contribution in [-0.2, 0) is 36.1 Å². The van der Waals surface area contributed by atoms with Crippen LogP contribution in [-0.4, -0.2) is 88.9 Å². The van der Waals surface area contributed by atoms with Crippen molar-refractivity contribution in [2.45, 2.75) is 24.5 Å². The van der Waals surface area contributed by atoms with Crippen molar-refractivity contribution in [1.82, 2.24) is 19.5 Å². The van der Waals surface area contributed by atoms with Gasteiger partial charge in [-0.3, -0.25) is 23.9 Å². The van der Waals surface area contributed by atoms with Crippen molar-refractivity contribution in [2.24, 2.45) is 0 Å². The van der Waals surface area contributed by atoms with Crippen LogP contribution in [0, 0.1) is 0 Å². The van der Waals surface area contributed by atoms with Crippen molar-refractivity contribution >= 4 is 42.5 Å². The second kappa shape index (κ2) is 11.3. The van der Waals surface area contributed by atoms with Gasteiger partial charge in [-0.15, -0.1) is 0 Å². The Hall–Kier alpha value is -1.45. The molecule has 1 aliphatic heterocycles. The summed E-state index contributed by atoms with van der Waals surface area (Å²) in [5.74, 6) is 0. The molecule has 0 radical (unpaired) electrons. The summed E-state index contributed by atoms with van der Waals surface area (Å²) < 4.78 is 57.8. The zero-order valence-corrected chi connectivity index (χ0v) is 21.0. The van der Waals surface area contributed by atoms with Gasteiger partial charge in [-0.05, 0) is 0 Å². The molecule has 4 atom stereocenters. The summed E-state index contributed by atoms with van der Waals surface area (Å²) in [6, 6.07) is 0. The van der Waals surface area contributed by atoms with Crippen LogP contribution < -0.4 is 11.2 Å². The summed E-state index contributed by atoms with van der Waals surface area (Å²) in [7, 11) is -21.0. The molecule has 23 nitrogen and oxygen atoms in total. The van der Waals surface area contributed by atoms with Crippen LogP contribution in [0.1, 0.15) is 6.23 Å². The fourth-order valence-electron chi connectivity index (χ4n) is 2.70. The monoisotopic (exact) mass is 622 g/mol. The van der Waals surface area contributed by atoms with Crippen LogP contribution in [0.5, 0.6) is 0 Å². The van der Waals surface area contributed by atoms with E-state index in [0.717, 1.165) is 10.9 Å². The predicted octanol–water partition coefficient (Wildman–Crippen LogP) is -3.55. The number of nitrogens with zero attached hydrogens (tertiary/aromatic N) is 2. The number of fused-ring (bicyclic) bond motifs is 1. The molecule has 0 spiro atoms. The highest BCUT2D eigenvalue weighted by atomic mass is 31.3. The molecule has 0 amide bonds. The molecule has 3 rings (SSSR count). The highest BCUT2D eigenvalue weighted by Gasteiger charge is 2.45. The van der Waals surface area contributed by atoms with Gasteiger partial charge in [0.25, 0.3) is 5.56 Å². The molecule has 1 aliphatic rings. The molecule has 212 valence electrons. The zero-order valence-electron chi connectivity index (χ0n) is 17.4. The quantitative estimate of drug-likeness (QED) is 0.127. The van der Waals surface area contributed by atoms with E-state index in [-0.39, 0.29) is 11.2 Å². The molecule has 1 saturated heterocycles. The normalized spacial score (nSPS) is 23.2. The fraction of sp³-hybridized carbons (Fsp3) is 0.500. The third-order valence-electron chi connectivity index (χ3n) is 3.91. The molecule has 11 N–H and O–H groups in total. The van der Waals surface area contributed by atoms with Gasteiger partial charge in [0.1, 0.15) is 24.0 Å². The van der Waals surface area contributed by atoms with Gasteiger partial charge in [0.05, 0.1) is 12.9 Å². The lowest BCUT2D eigenvalue weighted by Gasteiger charge is -2.16. The number of imidazole rings is 1. The summed E-state index contributed by atoms with van der Waals surface area (Å²) in [5, 5.41) is 20.0. The van der Waals surface area contributed by atoms with Crippen molar-refractivity contribution in [2.75, 3.05) is 6.61 Å². The summed E-state index contributed by atoms with van der Waals surface area (Å²) >= 11 is 0. The highest BCUT2D eigenvalue weighted by Crippen LogP contribution is 2.64. The summed E-state index contributed by atoms with van der Waals surface area (Å²) in [4.78, 5) is 88.7. The van der Waals surface area contributed by atoms with E-state index in [1.54, 1.807) is 0 Å². The Bertz CT molecular complexity index is 1390. The van der Waals surface area contributed by atoms with E-state index >= 15 is 0 Å². The SMILES string of the molecule is O=P(O)(O)OP(=O)(O)OP(=O)(O)O.O=c1[nH]c(=O)c2ncn([C@@H]3O[C@H](COP(=O)(O)O)[C@@H](O)[C@H]3O)c2[nH]1. The number of hydrogen-bond acceptors (Lipinski definition) is 13. The van der Waals surface area contributed by atoms with Gasteiger partial charge in [-0.2, -0.15) is 8.62 Å². The maximum absolute atomic E-state index is 11.6. The molecule has 2 aromatic heterocycles. The van der Waals surface area contributed by atoms with E-state index in [1.165, 1.54) is 0 Å². The first kappa shape index (κ1) is 31.8. The van der Waals surface area contributed by atoms with Crippen molar-refractivity contribution in [3.63, 3.8) is 0 Å². The molecule has 0 saturated carbocycles. The van der Waals surface area contributed by atoms with Gasteiger partial charge >= 0.3 is 37.0 Å². The zero-order chi connectivity index (χ0) is 28.6. The number of phosphoric acid groups is 4. The maximum Gasteiger partial charge on any atom is 0.490 e. The van der Waals surface area contributed by atoms with E-state index < -0.39 is 73.7 Å². The molecule has 0 aromatic carbocycles. The van der Waals surface area contributed by atoms with Gasteiger partial charge in [0, 0.05) is 0 Å². The Kier molecular flexibility index (Phi) is 9.74. The van der Waals surface area contributed by atoms with Gasteiger partial charge in [-0.1, -0.05) is 0 Å². The molecule has 2 aromatic rings. The molecule has 37 heavy (non-hydrogen) atoms. The minimum atomic E-state index is -5.46. The number of phosphoric ester groups is 1. The van der Waals surface area contributed by atoms with Gasteiger partial charge < -0.3 is 49.2 Å². The van der Waals surface area contributed by atoms with Crippen LogP contribution in [0.25, 0.3) is 11.2 Å².